The van der Waals surface area contributed by atoms with E-state index in [4.69, 9.17) is 0 Å². The van der Waals surface area contributed by atoms with Crippen LogP contribution in [0.1, 0.15) is 38.9 Å². The van der Waals surface area contributed by atoms with Gasteiger partial charge in [0.25, 0.3) is 0 Å². The second-order valence-corrected chi connectivity index (χ2v) is 28.8. The van der Waals surface area contributed by atoms with Gasteiger partial charge in [0.05, 0.1) is 0 Å². The molecule has 0 radical (unpaired) electrons. The maximum atomic E-state index is 2.28. The Bertz CT molecular complexity index is 5830. The third-order valence-corrected chi connectivity index (χ3v) is 19.9. The number of rotatable bonds is 11. The summed E-state index contributed by atoms with van der Waals surface area (Å²) >= 11 is 0. The van der Waals surface area contributed by atoms with Crippen molar-refractivity contribution in [1.29, 1.82) is 0 Å². The van der Waals surface area contributed by atoms with E-state index in [0.717, 1.165) is 0 Å². The molecule has 0 nitrogen and oxygen atoms in total. The molecule has 0 fully saturated rings. The lowest BCUT2D eigenvalue weighted by Crippen LogP contribution is -1.86. The van der Waals surface area contributed by atoms with E-state index in [2.05, 4.69) is 503 Å². The molecule has 0 saturated carbocycles. The zero-order valence-corrected chi connectivity index (χ0v) is 67.1. The van der Waals surface area contributed by atoms with E-state index in [1.165, 1.54) is 161 Å². The van der Waals surface area contributed by atoms with Crippen molar-refractivity contribution < 1.29 is 0 Å². The van der Waals surface area contributed by atoms with E-state index in [0.29, 0.717) is 0 Å². The molecule has 0 atom stereocenters. The highest BCUT2D eigenvalue weighted by molar-refractivity contribution is 5.84. The fourth-order valence-corrected chi connectivity index (χ4v) is 13.8. The summed E-state index contributed by atoms with van der Waals surface area (Å²) in [7, 11) is 0. The summed E-state index contributed by atoms with van der Waals surface area (Å²) in [4.78, 5) is 0. The topological polar surface area (TPSA) is 0 Å². The number of hydrogen-bond donors (Lipinski definition) is 0. The molecule has 0 spiro atoms. The summed E-state index contributed by atoms with van der Waals surface area (Å²) in [6.07, 6.45) is 0. The summed E-state index contributed by atoms with van der Waals surface area (Å²) in [6.45, 7) is 14.9. The lowest BCUT2D eigenvalue weighted by Gasteiger charge is -2.11. The average Bonchev–Trinajstić information content (AvgIpc) is 0.797. The zero-order chi connectivity index (χ0) is 79.6. The van der Waals surface area contributed by atoms with Crippen LogP contribution in [-0.2, 0) is 0 Å². The average molecular weight is 1480 g/mol. The van der Waals surface area contributed by atoms with Gasteiger partial charge in [-0.1, -0.05) is 483 Å². The Hall–Kier alpha value is -14.0. The highest BCUT2D eigenvalue weighted by Crippen LogP contribution is 2.35. The Morgan fingerprint density at radius 2 is 0.330 bits per heavy atom. The van der Waals surface area contributed by atoms with Crippen molar-refractivity contribution in [1.82, 2.24) is 0 Å². The van der Waals surface area contributed by atoms with Gasteiger partial charge in [-0.25, -0.2) is 0 Å². The van der Waals surface area contributed by atoms with E-state index in [1.807, 2.05) is 24.3 Å². The Balaban J connectivity index is 0.000000125. The minimum atomic E-state index is 1.26. The van der Waals surface area contributed by atoms with Crippen LogP contribution >= 0.6 is 0 Å². The van der Waals surface area contributed by atoms with Gasteiger partial charge < -0.3 is 0 Å². The summed E-state index contributed by atoms with van der Waals surface area (Å²) in [6, 6.07) is 168. The summed E-state index contributed by atoms with van der Waals surface area (Å²) < 4.78 is 0. The lowest BCUT2D eigenvalue weighted by molar-refractivity contribution is 1.45. The fraction of sp³-hybridized carbons (Fsp3) is 0.0609. The van der Waals surface area contributed by atoms with Crippen molar-refractivity contribution in [3.63, 3.8) is 0 Å². The van der Waals surface area contributed by atoms with Crippen molar-refractivity contribution in [2.24, 2.45) is 0 Å². The number of hydrogen-bond acceptors (Lipinski definition) is 0. The van der Waals surface area contributed by atoms with Gasteiger partial charge in [-0.15, -0.1) is 0 Å². The normalized spacial score (nSPS) is 10.2. The Labute approximate surface area is 684 Å². The quantitative estimate of drug-likeness (QED) is 0.121. The first-order valence-electron chi connectivity index (χ1n) is 39.7. The van der Waals surface area contributed by atoms with Gasteiger partial charge in [0.15, 0.2) is 0 Å². The van der Waals surface area contributed by atoms with Crippen molar-refractivity contribution in [2.45, 2.75) is 48.5 Å². The molecule has 0 N–H and O–H groups in total. The van der Waals surface area contributed by atoms with E-state index >= 15 is 0 Å². The van der Waals surface area contributed by atoms with Crippen molar-refractivity contribution >= 4 is 0 Å². The number of aryl methyl sites for hydroxylation is 7. The van der Waals surface area contributed by atoms with Crippen LogP contribution in [0.2, 0.25) is 0 Å². The number of benzene rings is 18. The molecule has 0 heterocycles. The van der Waals surface area contributed by atoms with E-state index < -0.39 is 0 Å². The molecule has 0 bridgehead atoms. The Morgan fingerprint density at radius 3 is 0.730 bits per heavy atom. The van der Waals surface area contributed by atoms with E-state index in [1.54, 1.807) is 0 Å². The molecule has 18 aromatic carbocycles. The predicted octanol–water partition coefficient (Wildman–Crippen LogP) is 32.3. The molecular weight excluding hydrogens is 1380 g/mol. The fourth-order valence-electron chi connectivity index (χ4n) is 13.8. The monoisotopic (exact) mass is 1480 g/mol. The smallest absolute Gasteiger partial charge is 0.0103 e. The molecule has 0 aromatic heterocycles. The van der Waals surface area contributed by atoms with Crippen LogP contribution in [0.3, 0.4) is 0 Å². The van der Waals surface area contributed by atoms with Crippen LogP contribution in [0, 0.1) is 48.5 Å². The van der Waals surface area contributed by atoms with Crippen molar-refractivity contribution in [2.75, 3.05) is 0 Å². The molecule has 560 valence electrons. The zero-order valence-electron chi connectivity index (χ0n) is 67.1. The highest BCUT2D eigenvalue weighted by atomic mass is 14.1. The largest absolute Gasteiger partial charge is 0.0622 e. The van der Waals surface area contributed by atoms with Gasteiger partial charge in [-0.2, -0.15) is 0 Å². The van der Waals surface area contributed by atoms with Gasteiger partial charge in [0.2, 0.25) is 0 Å². The van der Waals surface area contributed by atoms with E-state index in [9.17, 15) is 0 Å². The van der Waals surface area contributed by atoms with Crippen molar-refractivity contribution in [3.05, 3.63) is 518 Å². The maximum absolute atomic E-state index is 2.28. The highest BCUT2D eigenvalue weighted by Gasteiger charge is 2.10. The molecule has 0 saturated heterocycles. The minimum Gasteiger partial charge on any atom is -0.0622 e. The van der Waals surface area contributed by atoms with E-state index in [-0.39, 0.29) is 0 Å². The van der Waals surface area contributed by atoms with Gasteiger partial charge in [-0.3, -0.25) is 0 Å². The molecule has 0 aliphatic heterocycles. The molecule has 0 amide bonds. The van der Waals surface area contributed by atoms with Gasteiger partial charge in [0, 0.05) is 0 Å². The molecule has 0 unspecified atom stereocenters. The Morgan fingerprint density at radius 1 is 0.0957 bits per heavy atom. The van der Waals surface area contributed by atoms with Gasteiger partial charge >= 0.3 is 0 Å². The predicted molar refractivity (Wildman–Crippen MR) is 498 cm³/mol. The molecule has 0 heteroatoms. The SMILES string of the molecule is Cc1cc(-c2ccccc2)cc(-c2ccccc2)c1.Cc1ccc(-c2ccccc2)c(-c2ccccc2)c1.Cc1ccc(-c2ccccc2)cc1.Cc1ccc(-c2ccccc2)cc1-c1ccccc1.Cc1cccc(-c2cccc(-c3ccccc3)c2)c1.Cc1cccc(-c2ccccc2)c1.Cc1ccccc1-c1ccccc1. The first kappa shape index (κ1) is 80.5. The summed E-state index contributed by atoms with van der Waals surface area (Å²) in [5.74, 6) is 0. The second-order valence-electron chi connectivity index (χ2n) is 28.8. The Kier molecular flexibility index (Phi) is 29.7. The summed E-state index contributed by atoms with van der Waals surface area (Å²) in [5.41, 5.74) is 37.3. The van der Waals surface area contributed by atoms with Crippen LogP contribution in [0.5, 0.6) is 0 Å². The maximum Gasteiger partial charge on any atom is -0.0103 e. The van der Waals surface area contributed by atoms with Gasteiger partial charge in [-0.05, 0) is 206 Å². The van der Waals surface area contributed by atoms with Crippen molar-refractivity contribution in [3.8, 4) is 122 Å². The molecule has 18 aromatic rings. The second kappa shape index (κ2) is 42.4. The molecule has 0 aliphatic rings. The molecular formula is C115H100. The lowest BCUT2D eigenvalue weighted by atomic mass is 9.93. The third kappa shape index (κ3) is 24.2. The van der Waals surface area contributed by atoms with Crippen LogP contribution < -0.4 is 0 Å². The minimum absolute atomic E-state index is 1.26. The van der Waals surface area contributed by atoms with Crippen LogP contribution in [0.25, 0.3) is 122 Å². The first-order valence-corrected chi connectivity index (χ1v) is 39.7. The van der Waals surface area contributed by atoms with Crippen LogP contribution in [0.15, 0.2) is 479 Å². The molecule has 18 rings (SSSR count). The summed E-state index contributed by atoms with van der Waals surface area (Å²) in [5, 5.41) is 0. The standard InChI is InChI=1S/4C19H16.3C13H12/c1-15-12-18(16-8-4-2-5-9-16)14-19(13-15)17-10-6-3-7-11-17;1-15-12-13-18(16-8-4-2-5-9-16)14-19(15)17-10-6-3-7-11-17;1-15-12-13-18(16-8-4-2-5-9-16)19(14-15)17-10-6-3-7-11-17;1-15-7-5-10-17(13-15)19-12-6-11-18(14-19)16-8-3-2-4-9-16;1-11-7-5-6-10-13(11)12-8-3-2-4-9-12;1-11-6-5-9-13(10-11)12-7-3-2-4-8-12;1-11-7-9-13(10-8-11)12-5-3-2-4-6-12/h4*2-14H,1H3;3*2-10H,1H3. The van der Waals surface area contributed by atoms with Gasteiger partial charge in [0.1, 0.15) is 0 Å². The molecule has 0 aliphatic carbocycles. The van der Waals surface area contributed by atoms with Crippen LogP contribution in [0.4, 0.5) is 0 Å². The first-order chi connectivity index (χ1) is 56.4. The molecule has 115 heavy (non-hydrogen) atoms. The third-order valence-electron chi connectivity index (χ3n) is 19.9. The van der Waals surface area contributed by atoms with Crippen LogP contribution in [-0.4, -0.2) is 0 Å².